The van der Waals surface area contributed by atoms with E-state index in [2.05, 4.69) is 73.3 Å². The summed E-state index contributed by atoms with van der Waals surface area (Å²) in [5.74, 6) is 0.824. The van der Waals surface area contributed by atoms with E-state index in [0.717, 1.165) is 59.4 Å². The molecule has 2 aromatic heterocycles. The third-order valence-electron chi connectivity index (χ3n) is 5.55. The molecule has 3 heterocycles. The Balaban J connectivity index is 1.31. The summed E-state index contributed by atoms with van der Waals surface area (Å²) in [6, 6.07) is 20.8. The van der Waals surface area contributed by atoms with E-state index in [1.165, 1.54) is 5.56 Å². The fourth-order valence-electron chi connectivity index (χ4n) is 3.93. The van der Waals surface area contributed by atoms with Gasteiger partial charge < -0.3 is 10.6 Å². The van der Waals surface area contributed by atoms with Crippen LogP contribution in [0.3, 0.4) is 0 Å². The normalized spacial score (nSPS) is 14.8. The standard InChI is InChI=1S/C24H24N6S/c25-21-23(30-14-12-29(13-15-30)16-18-6-2-1-3-7-18)27-17-28-24(21)31-20-10-4-8-19-9-5-11-26-22(19)20/h1-11,17H,12-16,25H2. The highest BCUT2D eigenvalue weighted by Gasteiger charge is 2.22. The lowest BCUT2D eigenvalue weighted by molar-refractivity contribution is 0.249. The van der Waals surface area contributed by atoms with Crippen LogP contribution in [0.2, 0.25) is 0 Å². The van der Waals surface area contributed by atoms with Gasteiger partial charge >= 0.3 is 0 Å². The van der Waals surface area contributed by atoms with E-state index >= 15 is 0 Å². The summed E-state index contributed by atoms with van der Waals surface area (Å²) < 4.78 is 0. The number of benzene rings is 2. The lowest BCUT2D eigenvalue weighted by Gasteiger charge is -2.35. The zero-order valence-corrected chi connectivity index (χ0v) is 18.0. The van der Waals surface area contributed by atoms with Gasteiger partial charge in [0.05, 0.1) is 5.52 Å². The van der Waals surface area contributed by atoms with Crippen LogP contribution in [-0.2, 0) is 6.54 Å². The molecule has 0 spiro atoms. The number of nitrogen functional groups attached to an aromatic ring is 1. The number of piperazine rings is 1. The second kappa shape index (κ2) is 8.91. The zero-order valence-electron chi connectivity index (χ0n) is 17.2. The SMILES string of the molecule is Nc1c(Sc2cccc3cccnc23)ncnc1N1CCN(Cc2ccccc2)CC1. The molecular formula is C24H24N6S. The Morgan fingerprint density at radius 1 is 0.839 bits per heavy atom. The highest BCUT2D eigenvalue weighted by molar-refractivity contribution is 7.99. The molecule has 156 valence electrons. The molecule has 0 atom stereocenters. The molecular weight excluding hydrogens is 404 g/mol. The van der Waals surface area contributed by atoms with Gasteiger partial charge in [0.1, 0.15) is 17.0 Å². The maximum Gasteiger partial charge on any atom is 0.156 e. The van der Waals surface area contributed by atoms with Crippen LogP contribution in [-0.4, -0.2) is 46.0 Å². The molecule has 0 radical (unpaired) electrons. The van der Waals surface area contributed by atoms with E-state index in [9.17, 15) is 0 Å². The molecule has 5 rings (SSSR count). The summed E-state index contributed by atoms with van der Waals surface area (Å²) in [7, 11) is 0. The van der Waals surface area contributed by atoms with Crippen LogP contribution in [0, 0.1) is 0 Å². The van der Waals surface area contributed by atoms with Gasteiger partial charge in [-0.05, 0) is 17.7 Å². The van der Waals surface area contributed by atoms with Gasteiger partial charge in [-0.3, -0.25) is 9.88 Å². The van der Waals surface area contributed by atoms with E-state index < -0.39 is 0 Å². The van der Waals surface area contributed by atoms with Crippen molar-refractivity contribution in [1.29, 1.82) is 0 Å². The Morgan fingerprint density at radius 3 is 2.48 bits per heavy atom. The summed E-state index contributed by atoms with van der Waals surface area (Å²) >= 11 is 1.55. The first-order valence-corrected chi connectivity index (χ1v) is 11.2. The highest BCUT2D eigenvalue weighted by atomic mass is 32.2. The first-order valence-electron chi connectivity index (χ1n) is 10.4. The Kier molecular flexibility index (Phi) is 5.69. The topological polar surface area (TPSA) is 71.2 Å². The zero-order chi connectivity index (χ0) is 21.0. The molecule has 1 aliphatic heterocycles. The van der Waals surface area contributed by atoms with Crippen molar-refractivity contribution in [2.24, 2.45) is 0 Å². The molecule has 1 fully saturated rings. The molecule has 2 N–H and O–H groups in total. The summed E-state index contributed by atoms with van der Waals surface area (Å²) in [5.41, 5.74) is 9.49. The maximum atomic E-state index is 6.54. The van der Waals surface area contributed by atoms with Crippen molar-refractivity contribution in [2.75, 3.05) is 36.8 Å². The molecule has 0 saturated carbocycles. The van der Waals surface area contributed by atoms with E-state index in [-0.39, 0.29) is 0 Å². The number of nitrogens with zero attached hydrogens (tertiary/aromatic N) is 5. The number of fused-ring (bicyclic) bond motifs is 1. The quantitative estimate of drug-likeness (QED) is 0.480. The van der Waals surface area contributed by atoms with Crippen molar-refractivity contribution in [2.45, 2.75) is 16.5 Å². The van der Waals surface area contributed by atoms with E-state index in [0.29, 0.717) is 5.69 Å². The third-order valence-corrected chi connectivity index (χ3v) is 6.62. The first-order chi connectivity index (χ1) is 15.3. The van der Waals surface area contributed by atoms with E-state index in [1.807, 2.05) is 18.3 Å². The molecule has 2 aromatic carbocycles. The predicted octanol–water partition coefficient (Wildman–Crippen LogP) is 4.08. The smallest absolute Gasteiger partial charge is 0.156 e. The van der Waals surface area contributed by atoms with Crippen LogP contribution in [0.1, 0.15) is 5.56 Å². The Bertz CT molecular complexity index is 1170. The van der Waals surface area contributed by atoms with Crippen LogP contribution in [0.25, 0.3) is 10.9 Å². The average molecular weight is 429 g/mol. The first kappa shape index (κ1) is 19.8. The summed E-state index contributed by atoms with van der Waals surface area (Å²) in [6.07, 6.45) is 3.43. The minimum absolute atomic E-state index is 0.636. The van der Waals surface area contributed by atoms with Crippen LogP contribution < -0.4 is 10.6 Å². The molecule has 7 heteroatoms. The predicted molar refractivity (Wildman–Crippen MR) is 126 cm³/mol. The molecule has 0 bridgehead atoms. The van der Waals surface area contributed by atoms with Crippen LogP contribution in [0.15, 0.2) is 83.1 Å². The van der Waals surface area contributed by atoms with Gasteiger partial charge in [-0.1, -0.05) is 60.3 Å². The largest absolute Gasteiger partial charge is 0.394 e. The van der Waals surface area contributed by atoms with Gasteiger partial charge in [0.25, 0.3) is 0 Å². The van der Waals surface area contributed by atoms with Gasteiger partial charge in [0.2, 0.25) is 0 Å². The minimum atomic E-state index is 0.636. The van der Waals surface area contributed by atoms with E-state index in [1.54, 1.807) is 18.1 Å². The molecule has 0 unspecified atom stereocenters. The van der Waals surface area contributed by atoms with Gasteiger partial charge in [-0.25, -0.2) is 9.97 Å². The number of hydrogen-bond acceptors (Lipinski definition) is 7. The number of hydrogen-bond donors (Lipinski definition) is 1. The Hall–Kier alpha value is -3.16. The lowest BCUT2D eigenvalue weighted by atomic mass is 10.2. The highest BCUT2D eigenvalue weighted by Crippen LogP contribution is 2.37. The molecule has 1 aliphatic rings. The third kappa shape index (κ3) is 4.33. The van der Waals surface area contributed by atoms with Crippen molar-refractivity contribution >= 4 is 34.2 Å². The maximum absolute atomic E-state index is 6.54. The van der Waals surface area contributed by atoms with Gasteiger partial charge in [0, 0.05) is 49.2 Å². The van der Waals surface area contributed by atoms with Gasteiger partial charge in [-0.15, -0.1) is 0 Å². The fraction of sp³-hybridized carbons (Fsp3) is 0.208. The number of anilines is 2. The summed E-state index contributed by atoms with van der Waals surface area (Å²) in [4.78, 5) is 19.3. The van der Waals surface area contributed by atoms with Crippen molar-refractivity contribution in [1.82, 2.24) is 19.9 Å². The van der Waals surface area contributed by atoms with Crippen molar-refractivity contribution in [3.63, 3.8) is 0 Å². The van der Waals surface area contributed by atoms with Crippen molar-refractivity contribution in [3.8, 4) is 0 Å². The molecule has 1 saturated heterocycles. The fourth-order valence-corrected chi connectivity index (χ4v) is 4.85. The number of rotatable bonds is 5. The Morgan fingerprint density at radius 2 is 1.65 bits per heavy atom. The monoisotopic (exact) mass is 428 g/mol. The molecule has 0 amide bonds. The lowest BCUT2D eigenvalue weighted by Crippen LogP contribution is -2.46. The molecule has 6 nitrogen and oxygen atoms in total. The van der Waals surface area contributed by atoms with Crippen molar-refractivity contribution in [3.05, 3.63) is 78.8 Å². The summed E-state index contributed by atoms with van der Waals surface area (Å²) in [6.45, 7) is 4.73. The van der Waals surface area contributed by atoms with Crippen LogP contribution >= 0.6 is 11.8 Å². The number of para-hydroxylation sites is 1. The molecule has 4 aromatic rings. The molecule has 0 aliphatic carbocycles. The summed E-state index contributed by atoms with van der Waals surface area (Å²) in [5, 5.41) is 1.88. The number of nitrogens with two attached hydrogens (primary N) is 1. The van der Waals surface area contributed by atoms with Crippen LogP contribution in [0.4, 0.5) is 11.5 Å². The minimum Gasteiger partial charge on any atom is -0.394 e. The second-order valence-corrected chi connectivity index (χ2v) is 8.63. The van der Waals surface area contributed by atoms with Gasteiger partial charge in [0.15, 0.2) is 5.82 Å². The average Bonchev–Trinajstić information content (AvgIpc) is 2.82. The second-order valence-electron chi connectivity index (χ2n) is 7.60. The Labute approximate surface area is 186 Å². The van der Waals surface area contributed by atoms with Crippen LogP contribution in [0.5, 0.6) is 0 Å². The van der Waals surface area contributed by atoms with Crippen molar-refractivity contribution < 1.29 is 0 Å². The van der Waals surface area contributed by atoms with E-state index in [4.69, 9.17) is 5.73 Å². The molecule has 31 heavy (non-hydrogen) atoms. The number of pyridine rings is 1. The van der Waals surface area contributed by atoms with Gasteiger partial charge in [-0.2, -0.15) is 0 Å². The number of aromatic nitrogens is 3.